The molecule has 1 heterocycles. The number of hydrogen-bond acceptors (Lipinski definition) is 4. The van der Waals surface area contributed by atoms with Gasteiger partial charge in [0, 0.05) is 19.4 Å². The summed E-state index contributed by atoms with van der Waals surface area (Å²) in [6.45, 7) is 5.75. The Bertz CT molecular complexity index is 1460. The first-order valence-electron chi connectivity index (χ1n) is 13.7. The van der Waals surface area contributed by atoms with Crippen molar-refractivity contribution in [3.05, 3.63) is 109 Å². The Hall–Kier alpha value is -4.65. The summed E-state index contributed by atoms with van der Waals surface area (Å²) in [5.41, 5.74) is 4.43. The summed E-state index contributed by atoms with van der Waals surface area (Å²) in [7, 11) is 1.53. The monoisotopic (exact) mass is 551 g/mol. The van der Waals surface area contributed by atoms with Crippen molar-refractivity contribution in [3.8, 4) is 22.3 Å². The van der Waals surface area contributed by atoms with Crippen molar-refractivity contribution >= 4 is 17.8 Å². The third kappa shape index (κ3) is 7.72. The van der Waals surface area contributed by atoms with Gasteiger partial charge in [-0.3, -0.25) is 14.4 Å². The van der Waals surface area contributed by atoms with Crippen LogP contribution in [0.4, 0.5) is 0 Å². The minimum atomic E-state index is -0.912. The minimum absolute atomic E-state index is 0.113. The van der Waals surface area contributed by atoms with E-state index in [0.29, 0.717) is 0 Å². The lowest BCUT2D eigenvalue weighted by Gasteiger charge is -2.31. The predicted molar refractivity (Wildman–Crippen MR) is 161 cm³/mol. The molecule has 0 saturated heterocycles. The lowest BCUT2D eigenvalue weighted by atomic mass is 9.86. The molecule has 41 heavy (non-hydrogen) atoms. The van der Waals surface area contributed by atoms with Crippen LogP contribution in [0.1, 0.15) is 38.8 Å². The summed E-state index contributed by atoms with van der Waals surface area (Å²) in [6.07, 6.45) is 3.43. The molecule has 7 nitrogen and oxygen atoms in total. The normalized spacial score (nSPS) is 12.7. The fraction of sp³-hybridized carbons (Fsp3) is 0.265. The zero-order valence-corrected chi connectivity index (χ0v) is 24.0. The van der Waals surface area contributed by atoms with Gasteiger partial charge in [0.15, 0.2) is 0 Å². The van der Waals surface area contributed by atoms with Crippen LogP contribution in [-0.4, -0.2) is 35.4 Å². The van der Waals surface area contributed by atoms with Crippen LogP contribution in [0.25, 0.3) is 22.3 Å². The number of carbonyl (C=O) groups is 3. The molecule has 7 heteroatoms. The van der Waals surface area contributed by atoms with E-state index in [9.17, 15) is 14.4 Å². The molecule has 2 N–H and O–H groups in total. The van der Waals surface area contributed by atoms with Crippen LogP contribution in [0.3, 0.4) is 0 Å². The van der Waals surface area contributed by atoms with Crippen LogP contribution < -0.4 is 10.6 Å². The van der Waals surface area contributed by atoms with E-state index >= 15 is 0 Å². The highest BCUT2D eigenvalue weighted by Gasteiger charge is 2.35. The zero-order valence-electron chi connectivity index (χ0n) is 24.0. The number of nitrogens with zero attached hydrogens (tertiary/aromatic N) is 1. The van der Waals surface area contributed by atoms with Gasteiger partial charge in [-0.1, -0.05) is 106 Å². The summed E-state index contributed by atoms with van der Waals surface area (Å²) < 4.78 is 7.22. The average molecular weight is 552 g/mol. The molecule has 3 aromatic carbocycles. The molecule has 0 bridgehead atoms. The fourth-order valence-electron chi connectivity index (χ4n) is 4.61. The molecular formula is C34H37N3O4. The Labute approximate surface area is 241 Å². The van der Waals surface area contributed by atoms with E-state index < -0.39 is 29.4 Å². The van der Waals surface area contributed by atoms with E-state index in [-0.39, 0.29) is 18.9 Å². The van der Waals surface area contributed by atoms with Crippen LogP contribution >= 0.6 is 0 Å². The summed E-state index contributed by atoms with van der Waals surface area (Å²) in [5.74, 6) is -1.25. The Morgan fingerprint density at radius 2 is 1.32 bits per heavy atom. The lowest BCUT2D eigenvalue weighted by molar-refractivity contribution is -0.148. The largest absolute Gasteiger partial charge is 0.461 e. The van der Waals surface area contributed by atoms with Crippen molar-refractivity contribution in [1.29, 1.82) is 0 Å². The molecule has 0 radical (unpaired) electrons. The highest BCUT2D eigenvalue weighted by molar-refractivity contribution is 5.91. The first kappa shape index (κ1) is 29.3. The third-order valence-electron chi connectivity index (χ3n) is 6.97. The van der Waals surface area contributed by atoms with Gasteiger partial charge in [-0.15, -0.1) is 0 Å². The molecule has 212 valence electrons. The average Bonchev–Trinajstić information content (AvgIpc) is 3.47. The van der Waals surface area contributed by atoms with E-state index in [1.54, 1.807) is 10.8 Å². The van der Waals surface area contributed by atoms with Gasteiger partial charge in [0.2, 0.25) is 11.8 Å². The maximum Gasteiger partial charge on any atom is 0.308 e. The van der Waals surface area contributed by atoms with Crippen molar-refractivity contribution in [2.24, 2.45) is 5.41 Å². The number of likely N-dealkylation sites (N-methyl/N-ethyl adjacent to an activating group) is 1. The number of ether oxygens (including phenoxy) is 1. The van der Waals surface area contributed by atoms with E-state index in [2.05, 4.69) is 34.9 Å². The first-order chi connectivity index (χ1) is 19.7. The summed E-state index contributed by atoms with van der Waals surface area (Å²) >= 11 is 0. The van der Waals surface area contributed by atoms with Gasteiger partial charge in [0.05, 0.1) is 6.42 Å². The second-order valence-corrected chi connectivity index (χ2v) is 11.1. The molecule has 1 aromatic heterocycles. The van der Waals surface area contributed by atoms with Gasteiger partial charge in [-0.2, -0.15) is 0 Å². The van der Waals surface area contributed by atoms with Gasteiger partial charge in [0.25, 0.3) is 0 Å². The van der Waals surface area contributed by atoms with Crippen molar-refractivity contribution in [2.45, 2.75) is 45.9 Å². The van der Waals surface area contributed by atoms with Crippen LogP contribution in [0.5, 0.6) is 0 Å². The van der Waals surface area contributed by atoms with Gasteiger partial charge < -0.3 is 19.9 Å². The van der Waals surface area contributed by atoms with E-state index in [1.807, 2.05) is 93.7 Å². The highest BCUT2D eigenvalue weighted by Crippen LogP contribution is 2.27. The molecule has 1 unspecified atom stereocenters. The molecule has 0 aliphatic carbocycles. The standard InChI is InChI=1S/C34H37N3O4/c1-34(2,3)31(33(40)35-4)36-32(39)29(21-30(38)41-23-24-11-7-5-8-12-24)37-20-19-28(22-37)27-17-15-26(16-18-27)25-13-9-6-10-14-25/h5-20,22,29,31H,21,23H2,1-4H3,(H,35,40)(H,36,39)/t29?,31-/m1/s1. The SMILES string of the molecule is CNC(=O)[C@@H](NC(=O)C(CC(=O)OCc1ccccc1)n1ccc(-c2ccc(-c3ccccc3)cc2)c1)C(C)(C)C. The molecule has 4 rings (SSSR count). The van der Waals surface area contributed by atoms with Gasteiger partial charge in [-0.05, 0) is 39.3 Å². The molecule has 2 amide bonds. The lowest BCUT2D eigenvalue weighted by Crippen LogP contribution is -2.54. The molecule has 0 spiro atoms. The minimum Gasteiger partial charge on any atom is -0.461 e. The van der Waals surface area contributed by atoms with Crippen LogP contribution in [-0.2, 0) is 25.7 Å². The maximum absolute atomic E-state index is 13.7. The van der Waals surface area contributed by atoms with Crippen molar-refractivity contribution in [1.82, 2.24) is 15.2 Å². The molecule has 0 saturated carbocycles. The van der Waals surface area contributed by atoms with Crippen molar-refractivity contribution in [3.63, 3.8) is 0 Å². The molecule has 2 atom stereocenters. The number of aromatic nitrogens is 1. The molecule has 0 fully saturated rings. The summed E-state index contributed by atoms with van der Waals surface area (Å²) in [5, 5.41) is 5.51. The van der Waals surface area contributed by atoms with Crippen LogP contribution in [0, 0.1) is 5.41 Å². The Morgan fingerprint density at radius 1 is 0.756 bits per heavy atom. The molecule has 0 aliphatic heterocycles. The number of hydrogen-bond donors (Lipinski definition) is 2. The second kappa shape index (κ2) is 13.1. The highest BCUT2D eigenvalue weighted by atomic mass is 16.5. The molecular weight excluding hydrogens is 514 g/mol. The molecule has 0 aliphatic rings. The fourth-order valence-corrected chi connectivity index (χ4v) is 4.61. The van der Waals surface area contributed by atoms with E-state index in [0.717, 1.165) is 27.8 Å². The number of esters is 1. The number of amides is 2. The van der Waals surface area contributed by atoms with E-state index in [4.69, 9.17) is 4.74 Å². The Balaban J connectivity index is 1.57. The quantitative estimate of drug-likeness (QED) is 0.245. The third-order valence-corrected chi connectivity index (χ3v) is 6.97. The van der Waals surface area contributed by atoms with Crippen molar-refractivity contribution in [2.75, 3.05) is 7.05 Å². The Morgan fingerprint density at radius 3 is 1.90 bits per heavy atom. The predicted octanol–water partition coefficient (Wildman–Crippen LogP) is 5.77. The first-order valence-corrected chi connectivity index (χ1v) is 13.7. The number of benzene rings is 3. The second-order valence-electron chi connectivity index (χ2n) is 11.1. The number of nitrogens with one attached hydrogen (secondary N) is 2. The Kier molecular flexibility index (Phi) is 9.40. The van der Waals surface area contributed by atoms with Gasteiger partial charge in [-0.25, -0.2) is 0 Å². The molecule has 4 aromatic rings. The zero-order chi connectivity index (χ0) is 29.4. The topological polar surface area (TPSA) is 89.4 Å². The van der Waals surface area contributed by atoms with Gasteiger partial charge >= 0.3 is 5.97 Å². The smallest absolute Gasteiger partial charge is 0.308 e. The maximum atomic E-state index is 13.7. The van der Waals surface area contributed by atoms with Crippen LogP contribution in [0.15, 0.2) is 103 Å². The van der Waals surface area contributed by atoms with Crippen molar-refractivity contribution < 1.29 is 19.1 Å². The summed E-state index contributed by atoms with van der Waals surface area (Å²) in [4.78, 5) is 39.2. The van der Waals surface area contributed by atoms with E-state index in [1.165, 1.54) is 7.05 Å². The number of rotatable bonds is 10. The van der Waals surface area contributed by atoms with Gasteiger partial charge in [0.1, 0.15) is 18.7 Å². The summed E-state index contributed by atoms with van der Waals surface area (Å²) in [6, 6.07) is 27.9. The van der Waals surface area contributed by atoms with Crippen LogP contribution in [0.2, 0.25) is 0 Å². The number of carbonyl (C=O) groups excluding carboxylic acids is 3.